The molecular formula is C13H18F2O2. The number of unbranched alkanes of at least 4 members (excludes halogenated alkanes) is 1. The van der Waals surface area contributed by atoms with Crippen LogP contribution in [0.4, 0.5) is 8.78 Å². The minimum absolute atomic E-state index is 0.494. The van der Waals surface area contributed by atoms with Gasteiger partial charge in [-0.1, -0.05) is 25.5 Å². The van der Waals surface area contributed by atoms with Gasteiger partial charge < -0.3 is 9.84 Å². The second-order valence-electron chi connectivity index (χ2n) is 3.91. The van der Waals surface area contributed by atoms with Gasteiger partial charge in [-0.25, -0.2) is 8.78 Å². The predicted molar refractivity (Wildman–Crippen MR) is 62.4 cm³/mol. The molecule has 4 heteroatoms. The average molecular weight is 244 g/mol. The number of alkyl halides is 2. The van der Waals surface area contributed by atoms with E-state index >= 15 is 0 Å². The average Bonchev–Trinajstić information content (AvgIpc) is 2.29. The first-order valence-electron chi connectivity index (χ1n) is 5.82. The Morgan fingerprint density at radius 1 is 1.24 bits per heavy atom. The van der Waals surface area contributed by atoms with Crippen LogP contribution in [0.15, 0.2) is 24.3 Å². The minimum Gasteiger partial charge on any atom is -0.494 e. The normalized spacial score (nSPS) is 12.8. The highest BCUT2D eigenvalue weighted by molar-refractivity contribution is 5.28. The summed E-state index contributed by atoms with van der Waals surface area (Å²) < 4.78 is 29.6. The van der Waals surface area contributed by atoms with E-state index in [1.807, 2.05) is 0 Å². The van der Waals surface area contributed by atoms with Gasteiger partial charge >= 0.3 is 0 Å². The standard InChI is InChI=1S/C13H18F2O2/c1-2-3-8-17-11-6-4-10(5-7-11)12(16)9-13(14)15/h4-7,12-13,16H,2-3,8-9H2,1H3. The largest absolute Gasteiger partial charge is 0.494 e. The van der Waals surface area contributed by atoms with Gasteiger partial charge in [-0.3, -0.25) is 0 Å². The maximum Gasteiger partial charge on any atom is 0.241 e. The van der Waals surface area contributed by atoms with E-state index in [0.29, 0.717) is 17.9 Å². The van der Waals surface area contributed by atoms with E-state index in [2.05, 4.69) is 6.92 Å². The fraction of sp³-hybridized carbons (Fsp3) is 0.538. The lowest BCUT2D eigenvalue weighted by molar-refractivity contribution is 0.0611. The quantitative estimate of drug-likeness (QED) is 0.743. The molecule has 0 heterocycles. The molecular weight excluding hydrogens is 226 g/mol. The van der Waals surface area contributed by atoms with Crippen molar-refractivity contribution < 1.29 is 18.6 Å². The van der Waals surface area contributed by atoms with E-state index in [1.54, 1.807) is 24.3 Å². The third-order valence-corrected chi connectivity index (χ3v) is 2.43. The van der Waals surface area contributed by atoms with E-state index in [1.165, 1.54) is 0 Å². The fourth-order valence-corrected chi connectivity index (χ4v) is 1.43. The van der Waals surface area contributed by atoms with Crippen LogP contribution in [0, 0.1) is 0 Å². The number of ether oxygens (including phenoxy) is 1. The molecule has 0 aliphatic carbocycles. The summed E-state index contributed by atoms with van der Waals surface area (Å²) in [7, 11) is 0. The number of benzene rings is 1. The van der Waals surface area contributed by atoms with Crippen molar-refractivity contribution in [3.05, 3.63) is 29.8 Å². The molecule has 1 rings (SSSR count). The van der Waals surface area contributed by atoms with E-state index in [4.69, 9.17) is 4.74 Å². The van der Waals surface area contributed by atoms with Crippen molar-refractivity contribution in [1.82, 2.24) is 0 Å². The lowest BCUT2D eigenvalue weighted by Crippen LogP contribution is -2.03. The molecule has 0 bridgehead atoms. The number of rotatable bonds is 7. The van der Waals surface area contributed by atoms with E-state index in [0.717, 1.165) is 12.8 Å². The van der Waals surface area contributed by atoms with Crippen molar-refractivity contribution >= 4 is 0 Å². The van der Waals surface area contributed by atoms with E-state index < -0.39 is 19.0 Å². The number of hydrogen-bond acceptors (Lipinski definition) is 2. The molecule has 2 nitrogen and oxygen atoms in total. The Bertz CT molecular complexity index is 312. The van der Waals surface area contributed by atoms with Crippen LogP contribution in [0.25, 0.3) is 0 Å². The highest BCUT2D eigenvalue weighted by Crippen LogP contribution is 2.22. The molecule has 0 spiro atoms. The summed E-state index contributed by atoms with van der Waals surface area (Å²) in [5.41, 5.74) is 0.494. The van der Waals surface area contributed by atoms with Gasteiger partial charge in [0.2, 0.25) is 6.43 Å². The molecule has 0 saturated heterocycles. The monoisotopic (exact) mass is 244 g/mol. The molecule has 0 radical (unpaired) electrons. The van der Waals surface area contributed by atoms with Crippen LogP contribution in [0.1, 0.15) is 37.9 Å². The Hall–Kier alpha value is -1.16. The van der Waals surface area contributed by atoms with Crippen LogP contribution in [0.5, 0.6) is 5.75 Å². The van der Waals surface area contributed by atoms with Gasteiger partial charge in [-0.2, -0.15) is 0 Å². The molecule has 1 N–H and O–H groups in total. The molecule has 0 fully saturated rings. The first-order valence-corrected chi connectivity index (χ1v) is 5.82. The maximum absolute atomic E-state index is 12.1. The van der Waals surface area contributed by atoms with Crippen molar-refractivity contribution in [3.63, 3.8) is 0 Å². The number of hydrogen-bond donors (Lipinski definition) is 1. The van der Waals surface area contributed by atoms with Crippen LogP contribution in [0.2, 0.25) is 0 Å². The third kappa shape index (κ3) is 5.13. The van der Waals surface area contributed by atoms with Crippen molar-refractivity contribution in [2.75, 3.05) is 6.61 Å². The second kappa shape index (κ2) is 7.22. The van der Waals surface area contributed by atoms with Crippen molar-refractivity contribution in [2.24, 2.45) is 0 Å². The van der Waals surface area contributed by atoms with Gasteiger partial charge in [0.25, 0.3) is 0 Å². The molecule has 0 aliphatic rings. The topological polar surface area (TPSA) is 29.5 Å². The van der Waals surface area contributed by atoms with Crippen molar-refractivity contribution in [3.8, 4) is 5.75 Å². The molecule has 0 amide bonds. The highest BCUT2D eigenvalue weighted by atomic mass is 19.3. The van der Waals surface area contributed by atoms with Gasteiger partial charge in [0.1, 0.15) is 5.75 Å². The molecule has 96 valence electrons. The van der Waals surface area contributed by atoms with Gasteiger partial charge in [0, 0.05) is 6.42 Å². The van der Waals surface area contributed by atoms with E-state index in [9.17, 15) is 13.9 Å². The minimum atomic E-state index is -2.49. The summed E-state index contributed by atoms with van der Waals surface area (Å²) in [4.78, 5) is 0. The highest BCUT2D eigenvalue weighted by Gasteiger charge is 2.13. The molecule has 0 aromatic heterocycles. The van der Waals surface area contributed by atoms with Gasteiger partial charge in [-0.15, -0.1) is 0 Å². The zero-order valence-corrected chi connectivity index (χ0v) is 9.90. The summed E-state index contributed by atoms with van der Waals surface area (Å²) >= 11 is 0. The second-order valence-corrected chi connectivity index (χ2v) is 3.91. The summed E-state index contributed by atoms with van der Waals surface area (Å²) in [5.74, 6) is 0.700. The lowest BCUT2D eigenvalue weighted by atomic mass is 10.1. The number of aliphatic hydroxyl groups is 1. The summed E-state index contributed by atoms with van der Waals surface area (Å²) in [6.45, 7) is 2.72. The Morgan fingerprint density at radius 2 is 1.88 bits per heavy atom. The Kier molecular flexibility index (Phi) is 5.91. The van der Waals surface area contributed by atoms with Crippen LogP contribution in [0.3, 0.4) is 0 Å². The number of halogens is 2. The summed E-state index contributed by atoms with van der Waals surface area (Å²) in [6, 6.07) is 6.63. The van der Waals surface area contributed by atoms with E-state index in [-0.39, 0.29) is 0 Å². The Balaban J connectivity index is 2.49. The third-order valence-electron chi connectivity index (χ3n) is 2.43. The molecule has 0 saturated carbocycles. The van der Waals surface area contributed by atoms with Crippen LogP contribution < -0.4 is 4.74 Å². The van der Waals surface area contributed by atoms with Crippen LogP contribution in [-0.4, -0.2) is 18.1 Å². The van der Waals surface area contributed by atoms with Gasteiger partial charge in [-0.05, 0) is 24.1 Å². The molecule has 1 aromatic carbocycles. The molecule has 0 aliphatic heterocycles. The Morgan fingerprint density at radius 3 is 2.41 bits per heavy atom. The lowest BCUT2D eigenvalue weighted by Gasteiger charge is -2.11. The van der Waals surface area contributed by atoms with Gasteiger partial charge in [0.05, 0.1) is 12.7 Å². The molecule has 1 unspecified atom stereocenters. The number of aliphatic hydroxyl groups excluding tert-OH is 1. The smallest absolute Gasteiger partial charge is 0.241 e. The SMILES string of the molecule is CCCCOc1ccc(C(O)CC(F)F)cc1. The summed E-state index contributed by atoms with van der Waals surface area (Å²) in [5, 5.41) is 9.48. The predicted octanol–water partition coefficient (Wildman–Crippen LogP) is 3.55. The van der Waals surface area contributed by atoms with Crippen molar-refractivity contribution in [1.29, 1.82) is 0 Å². The van der Waals surface area contributed by atoms with Crippen LogP contribution in [-0.2, 0) is 0 Å². The maximum atomic E-state index is 12.1. The fourth-order valence-electron chi connectivity index (χ4n) is 1.43. The van der Waals surface area contributed by atoms with Crippen molar-refractivity contribution in [2.45, 2.75) is 38.7 Å². The van der Waals surface area contributed by atoms with Crippen LogP contribution >= 0.6 is 0 Å². The zero-order chi connectivity index (χ0) is 12.7. The molecule has 1 atom stereocenters. The summed E-state index contributed by atoms with van der Waals surface area (Å²) in [6.07, 6.45) is -2.10. The molecule has 1 aromatic rings. The van der Waals surface area contributed by atoms with Gasteiger partial charge in [0.15, 0.2) is 0 Å². The Labute approximate surface area is 100 Å². The first kappa shape index (κ1) is 13.9. The molecule has 17 heavy (non-hydrogen) atoms. The first-order chi connectivity index (χ1) is 8.13. The zero-order valence-electron chi connectivity index (χ0n) is 9.90.